The zero-order valence-electron chi connectivity index (χ0n) is 20.9. The van der Waals surface area contributed by atoms with Crippen molar-refractivity contribution in [2.75, 3.05) is 40.9 Å². The molecule has 2 fully saturated rings. The smallest absolute Gasteiger partial charge is 0.280 e. The summed E-state index contributed by atoms with van der Waals surface area (Å²) >= 11 is 0. The van der Waals surface area contributed by atoms with E-state index in [2.05, 4.69) is 34.1 Å². The SMILES string of the molecule is Nc1ccc2c(n1)CCN2C(=O)c1nc(C2CC2)c(N2CCC3(CC2)Cc2ccccc2C3N)nc1N. The van der Waals surface area contributed by atoms with Gasteiger partial charge in [0.25, 0.3) is 5.91 Å². The molecule has 1 amide bonds. The Bertz CT molecular complexity index is 1410. The van der Waals surface area contributed by atoms with Crippen LogP contribution in [0.4, 0.5) is 23.1 Å². The van der Waals surface area contributed by atoms with Crippen LogP contribution >= 0.6 is 0 Å². The van der Waals surface area contributed by atoms with E-state index in [4.69, 9.17) is 27.2 Å². The van der Waals surface area contributed by atoms with E-state index in [-0.39, 0.29) is 28.9 Å². The van der Waals surface area contributed by atoms with Crippen molar-refractivity contribution >= 4 is 29.0 Å². The van der Waals surface area contributed by atoms with E-state index in [0.29, 0.717) is 24.7 Å². The van der Waals surface area contributed by atoms with Crippen molar-refractivity contribution in [3.63, 3.8) is 0 Å². The zero-order valence-corrected chi connectivity index (χ0v) is 20.9. The summed E-state index contributed by atoms with van der Waals surface area (Å²) in [5, 5.41) is 0. The van der Waals surface area contributed by atoms with Crippen LogP contribution in [-0.4, -0.2) is 40.5 Å². The molecule has 1 aromatic carbocycles. The molecule has 9 heteroatoms. The number of amides is 1. The van der Waals surface area contributed by atoms with Crippen LogP contribution in [0, 0.1) is 5.41 Å². The number of anilines is 4. The number of benzene rings is 1. The molecule has 9 nitrogen and oxygen atoms in total. The summed E-state index contributed by atoms with van der Waals surface area (Å²) < 4.78 is 0. The molecule has 6 N–H and O–H groups in total. The molecule has 0 bridgehead atoms. The third-order valence-electron chi connectivity index (χ3n) is 8.83. The first kappa shape index (κ1) is 22.5. The van der Waals surface area contributed by atoms with E-state index in [1.807, 2.05) is 6.07 Å². The molecule has 190 valence electrons. The Morgan fingerprint density at radius 1 is 0.973 bits per heavy atom. The summed E-state index contributed by atoms with van der Waals surface area (Å²) in [6.07, 6.45) is 5.81. The summed E-state index contributed by atoms with van der Waals surface area (Å²) in [5.74, 6) is 1.59. The van der Waals surface area contributed by atoms with Crippen LogP contribution in [0.1, 0.15) is 70.6 Å². The lowest BCUT2D eigenvalue weighted by Gasteiger charge is -2.43. The van der Waals surface area contributed by atoms with E-state index in [9.17, 15) is 4.79 Å². The van der Waals surface area contributed by atoms with Gasteiger partial charge in [-0.2, -0.15) is 0 Å². The number of nitrogens with two attached hydrogens (primary N) is 3. The van der Waals surface area contributed by atoms with Gasteiger partial charge in [0.15, 0.2) is 17.3 Å². The second-order valence-corrected chi connectivity index (χ2v) is 11.1. The van der Waals surface area contributed by atoms with Crippen LogP contribution in [0.15, 0.2) is 36.4 Å². The van der Waals surface area contributed by atoms with Crippen molar-refractivity contribution in [1.82, 2.24) is 15.0 Å². The van der Waals surface area contributed by atoms with Gasteiger partial charge in [-0.1, -0.05) is 24.3 Å². The van der Waals surface area contributed by atoms with Crippen molar-refractivity contribution in [3.8, 4) is 0 Å². The largest absolute Gasteiger partial charge is 0.384 e. The number of rotatable bonds is 3. The predicted molar refractivity (Wildman–Crippen MR) is 143 cm³/mol. The highest BCUT2D eigenvalue weighted by atomic mass is 16.2. The Balaban J connectivity index is 1.15. The number of piperidine rings is 1. The normalized spacial score (nSPS) is 21.8. The topological polar surface area (TPSA) is 140 Å². The Morgan fingerprint density at radius 2 is 1.76 bits per heavy atom. The molecule has 1 saturated heterocycles. The molecule has 2 aromatic heterocycles. The third-order valence-corrected chi connectivity index (χ3v) is 8.83. The lowest BCUT2D eigenvalue weighted by molar-refractivity contribution is 0.0985. The average Bonchev–Trinajstić information content (AvgIpc) is 3.61. The fraction of sp³-hybridized carbons (Fsp3) is 0.429. The number of carbonyl (C=O) groups excluding carboxylic acids is 1. The summed E-state index contributed by atoms with van der Waals surface area (Å²) in [5.41, 5.74) is 24.6. The van der Waals surface area contributed by atoms with Crippen molar-refractivity contribution in [3.05, 3.63) is 64.6 Å². The minimum atomic E-state index is -0.226. The molecule has 1 atom stereocenters. The van der Waals surface area contributed by atoms with Gasteiger partial charge in [0.1, 0.15) is 5.82 Å². The molecule has 2 aliphatic carbocycles. The summed E-state index contributed by atoms with van der Waals surface area (Å²) in [6.45, 7) is 2.24. The minimum absolute atomic E-state index is 0.0677. The molecule has 0 radical (unpaired) electrons. The summed E-state index contributed by atoms with van der Waals surface area (Å²) in [4.78, 5) is 31.7. The first-order chi connectivity index (χ1) is 17.9. The Morgan fingerprint density at radius 3 is 2.51 bits per heavy atom. The number of fused-ring (bicyclic) bond motifs is 2. The molecule has 7 rings (SSSR count). The lowest BCUT2D eigenvalue weighted by Crippen LogP contribution is -2.45. The van der Waals surface area contributed by atoms with Crippen LogP contribution in [0.2, 0.25) is 0 Å². The highest BCUT2D eigenvalue weighted by Gasteiger charge is 2.46. The van der Waals surface area contributed by atoms with Gasteiger partial charge in [-0.05, 0) is 60.8 Å². The molecule has 1 spiro atoms. The molecule has 1 saturated carbocycles. The van der Waals surface area contributed by atoms with Gasteiger partial charge >= 0.3 is 0 Å². The van der Waals surface area contributed by atoms with Crippen molar-refractivity contribution < 1.29 is 4.79 Å². The highest BCUT2D eigenvalue weighted by molar-refractivity contribution is 6.08. The van der Waals surface area contributed by atoms with Crippen LogP contribution < -0.4 is 27.0 Å². The Labute approximate surface area is 216 Å². The first-order valence-corrected chi connectivity index (χ1v) is 13.3. The molecule has 4 heterocycles. The van der Waals surface area contributed by atoms with E-state index < -0.39 is 0 Å². The van der Waals surface area contributed by atoms with Gasteiger partial charge < -0.3 is 27.0 Å². The fourth-order valence-corrected chi connectivity index (χ4v) is 6.56. The van der Waals surface area contributed by atoms with Gasteiger partial charge in [-0.25, -0.2) is 15.0 Å². The number of hydrogen-bond donors (Lipinski definition) is 3. The standard InChI is InChI=1S/C28H32N8O/c29-21-8-7-20-19(32-21)9-12-36(20)27(37)23-25(31)34-26(22(33-23)16-5-6-16)35-13-10-28(11-14-35)15-17-3-1-2-4-18(17)24(28)30/h1-4,7-8,16,24H,5-6,9-15,30H2,(H2,29,32)(H2,31,34). The van der Waals surface area contributed by atoms with Gasteiger partial charge in [0, 0.05) is 38.0 Å². The lowest BCUT2D eigenvalue weighted by atomic mass is 9.73. The number of aromatic nitrogens is 3. The van der Waals surface area contributed by atoms with Crippen molar-refractivity contribution in [1.29, 1.82) is 0 Å². The van der Waals surface area contributed by atoms with Crippen molar-refractivity contribution in [2.24, 2.45) is 11.1 Å². The van der Waals surface area contributed by atoms with Crippen LogP contribution in [-0.2, 0) is 12.8 Å². The molecule has 1 unspecified atom stereocenters. The fourth-order valence-electron chi connectivity index (χ4n) is 6.56. The van der Waals surface area contributed by atoms with E-state index in [1.54, 1.807) is 11.0 Å². The van der Waals surface area contributed by atoms with Gasteiger partial charge in [-0.15, -0.1) is 0 Å². The number of nitrogens with zero attached hydrogens (tertiary/aromatic N) is 5. The average molecular weight is 497 g/mol. The molecular formula is C28H32N8O. The second-order valence-electron chi connectivity index (χ2n) is 11.1. The summed E-state index contributed by atoms with van der Waals surface area (Å²) in [7, 11) is 0. The van der Waals surface area contributed by atoms with Gasteiger partial charge in [0.2, 0.25) is 0 Å². The van der Waals surface area contributed by atoms with E-state index >= 15 is 0 Å². The number of hydrogen-bond acceptors (Lipinski definition) is 8. The number of pyridine rings is 1. The quantitative estimate of drug-likeness (QED) is 0.503. The van der Waals surface area contributed by atoms with Crippen molar-refractivity contribution in [2.45, 2.75) is 50.5 Å². The Hall–Kier alpha value is -3.72. The van der Waals surface area contributed by atoms with Gasteiger partial charge in [0.05, 0.1) is 17.1 Å². The van der Waals surface area contributed by atoms with E-state index in [0.717, 1.165) is 68.1 Å². The van der Waals surface area contributed by atoms with Crippen LogP contribution in [0.5, 0.6) is 0 Å². The van der Waals surface area contributed by atoms with Gasteiger partial charge in [-0.3, -0.25) is 4.79 Å². The maximum Gasteiger partial charge on any atom is 0.280 e. The third kappa shape index (κ3) is 3.55. The highest BCUT2D eigenvalue weighted by Crippen LogP contribution is 2.52. The molecular weight excluding hydrogens is 464 g/mol. The van der Waals surface area contributed by atoms with Crippen LogP contribution in [0.25, 0.3) is 0 Å². The monoisotopic (exact) mass is 496 g/mol. The minimum Gasteiger partial charge on any atom is -0.384 e. The first-order valence-electron chi connectivity index (χ1n) is 13.3. The van der Waals surface area contributed by atoms with E-state index in [1.165, 1.54) is 11.1 Å². The summed E-state index contributed by atoms with van der Waals surface area (Å²) in [6, 6.07) is 12.2. The number of nitrogen functional groups attached to an aromatic ring is 2. The molecule has 4 aliphatic rings. The maximum atomic E-state index is 13.6. The van der Waals surface area contributed by atoms with Crippen LogP contribution in [0.3, 0.4) is 0 Å². The molecule has 37 heavy (non-hydrogen) atoms. The second kappa shape index (κ2) is 8.14. The maximum absolute atomic E-state index is 13.6. The molecule has 3 aromatic rings. The zero-order chi connectivity index (χ0) is 25.3. The predicted octanol–water partition coefficient (Wildman–Crippen LogP) is 2.96. The Kier molecular flexibility index (Phi) is 4.95. The molecule has 2 aliphatic heterocycles. The number of carbonyl (C=O) groups is 1.